The van der Waals surface area contributed by atoms with Gasteiger partial charge in [-0.3, -0.25) is 4.79 Å². The Labute approximate surface area is 185 Å². The predicted molar refractivity (Wildman–Crippen MR) is 118 cm³/mol. The lowest BCUT2D eigenvalue weighted by molar-refractivity contribution is 0.0936. The third kappa shape index (κ3) is 4.97. The summed E-state index contributed by atoms with van der Waals surface area (Å²) < 4.78 is 21.3. The molecule has 3 aromatic rings. The van der Waals surface area contributed by atoms with Crippen molar-refractivity contribution in [1.82, 2.24) is 20.5 Å². The molecule has 0 bridgehead atoms. The van der Waals surface area contributed by atoms with Crippen molar-refractivity contribution in [2.75, 3.05) is 33.8 Å². The zero-order valence-corrected chi connectivity index (χ0v) is 18.5. The zero-order valence-electron chi connectivity index (χ0n) is 18.5. The summed E-state index contributed by atoms with van der Waals surface area (Å²) in [7, 11) is 6.13. The Morgan fingerprint density at radius 3 is 2.12 bits per heavy atom. The molecule has 1 atom stereocenters. The summed E-state index contributed by atoms with van der Waals surface area (Å²) in [6, 6.07) is 10.0. The predicted octanol–water partition coefficient (Wildman–Crippen LogP) is 3.14. The van der Waals surface area contributed by atoms with Gasteiger partial charge in [-0.2, -0.15) is 0 Å². The SMILES string of the molecule is COc1ccccc1C(=O)NC(C)c1cnc(Nc2cc(OC)c(OC)c(OC)c2)nn1. The van der Waals surface area contributed by atoms with Crippen LogP contribution < -0.4 is 29.6 Å². The van der Waals surface area contributed by atoms with Gasteiger partial charge in [0.25, 0.3) is 5.91 Å². The van der Waals surface area contributed by atoms with E-state index in [2.05, 4.69) is 25.8 Å². The third-order valence-electron chi connectivity index (χ3n) is 4.64. The van der Waals surface area contributed by atoms with Gasteiger partial charge in [-0.25, -0.2) is 4.98 Å². The minimum atomic E-state index is -0.414. The molecule has 32 heavy (non-hydrogen) atoms. The van der Waals surface area contributed by atoms with Gasteiger partial charge in [0.1, 0.15) is 11.4 Å². The summed E-state index contributed by atoms with van der Waals surface area (Å²) >= 11 is 0. The highest BCUT2D eigenvalue weighted by Crippen LogP contribution is 2.40. The number of rotatable bonds is 9. The van der Waals surface area contributed by atoms with Gasteiger partial charge in [0.15, 0.2) is 11.5 Å². The fraction of sp³-hybridized carbons (Fsp3) is 0.273. The number of hydrogen-bond donors (Lipinski definition) is 2. The average Bonchev–Trinajstić information content (AvgIpc) is 2.83. The van der Waals surface area contributed by atoms with E-state index in [1.165, 1.54) is 28.4 Å². The van der Waals surface area contributed by atoms with Crippen LogP contribution >= 0.6 is 0 Å². The lowest BCUT2D eigenvalue weighted by atomic mass is 10.1. The van der Waals surface area contributed by atoms with E-state index < -0.39 is 6.04 Å². The number of anilines is 2. The molecule has 0 aliphatic carbocycles. The number of hydrogen-bond acceptors (Lipinski definition) is 9. The van der Waals surface area contributed by atoms with E-state index >= 15 is 0 Å². The first-order valence-corrected chi connectivity index (χ1v) is 9.71. The molecule has 0 aliphatic rings. The Morgan fingerprint density at radius 1 is 0.906 bits per heavy atom. The Kier molecular flexibility index (Phi) is 7.27. The quantitative estimate of drug-likeness (QED) is 0.518. The Hall–Kier alpha value is -4.08. The maximum absolute atomic E-state index is 12.6. The molecule has 1 aromatic heterocycles. The highest BCUT2D eigenvalue weighted by atomic mass is 16.5. The smallest absolute Gasteiger partial charge is 0.255 e. The molecule has 0 spiro atoms. The molecule has 0 fully saturated rings. The monoisotopic (exact) mass is 439 g/mol. The number of ether oxygens (including phenoxy) is 4. The topological polar surface area (TPSA) is 117 Å². The molecular weight excluding hydrogens is 414 g/mol. The minimum Gasteiger partial charge on any atom is -0.496 e. The van der Waals surface area contributed by atoms with Crippen LogP contribution in [0.4, 0.5) is 11.6 Å². The number of nitrogens with one attached hydrogen (secondary N) is 2. The van der Waals surface area contributed by atoms with Gasteiger partial charge in [-0.1, -0.05) is 12.1 Å². The van der Waals surface area contributed by atoms with Crippen LogP contribution in [-0.2, 0) is 0 Å². The summed E-state index contributed by atoms with van der Waals surface area (Å²) in [6.07, 6.45) is 1.54. The third-order valence-corrected chi connectivity index (χ3v) is 4.64. The summed E-state index contributed by atoms with van der Waals surface area (Å²) in [5.41, 5.74) is 1.57. The van der Waals surface area contributed by atoms with Crippen LogP contribution in [0, 0.1) is 0 Å². The maximum atomic E-state index is 12.6. The first kappa shape index (κ1) is 22.6. The highest BCUT2D eigenvalue weighted by Gasteiger charge is 2.17. The van der Waals surface area contributed by atoms with Crippen molar-refractivity contribution in [3.05, 3.63) is 53.9 Å². The number of methoxy groups -OCH3 is 4. The van der Waals surface area contributed by atoms with Crippen molar-refractivity contribution < 1.29 is 23.7 Å². The van der Waals surface area contributed by atoms with E-state index in [4.69, 9.17) is 18.9 Å². The number of para-hydroxylation sites is 1. The molecule has 1 heterocycles. The van der Waals surface area contributed by atoms with Crippen molar-refractivity contribution in [3.8, 4) is 23.0 Å². The second-order valence-corrected chi connectivity index (χ2v) is 6.64. The second-order valence-electron chi connectivity index (χ2n) is 6.64. The molecule has 3 rings (SSSR count). The summed E-state index contributed by atoms with van der Waals surface area (Å²) in [5.74, 6) is 1.95. The van der Waals surface area contributed by atoms with Crippen LogP contribution in [0.25, 0.3) is 0 Å². The van der Waals surface area contributed by atoms with E-state index in [1.807, 2.05) is 0 Å². The lowest BCUT2D eigenvalue weighted by Gasteiger charge is -2.15. The van der Waals surface area contributed by atoms with E-state index in [0.717, 1.165) is 0 Å². The fourth-order valence-corrected chi connectivity index (χ4v) is 3.00. The molecule has 0 aliphatic heterocycles. The Balaban J connectivity index is 1.72. The summed E-state index contributed by atoms with van der Waals surface area (Å²) in [5, 5.41) is 14.2. The molecule has 10 heteroatoms. The van der Waals surface area contributed by atoms with E-state index in [1.54, 1.807) is 49.5 Å². The van der Waals surface area contributed by atoms with Crippen molar-refractivity contribution in [2.24, 2.45) is 0 Å². The number of carbonyl (C=O) groups is 1. The normalized spacial score (nSPS) is 11.3. The van der Waals surface area contributed by atoms with E-state index in [0.29, 0.717) is 39.9 Å². The van der Waals surface area contributed by atoms with Gasteiger partial charge in [0.05, 0.1) is 46.2 Å². The number of carbonyl (C=O) groups excluding carboxylic acids is 1. The summed E-state index contributed by atoms with van der Waals surface area (Å²) in [4.78, 5) is 16.9. The standard InChI is InChI=1S/C22H25N5O5/c1-13(24-21(28)15-8-6-7-9-17(15)29-2)16-12-23-22(27-26-16)25-14-10-18(30-3)20(32-5)19(11-14)31-4/h6-13H,1-5H3,(H,24,28)(H,23,25,27). The maximum Gasteiger partial charge on any atom is 0.255 e. The van der Waals surface area contributed by atoms with Crippen LogP contribution in [0.3, 0.4) is 0 Å². The second kappa shape index (κ2) is 10.3. The van der Waals surface area contributed by atoms with Crippen molar-refractivity contribution in [2.45, 2.75) is 13.0 Å². The minimum absolute atomic E-state index is 0.270. The number of aromatic nitrogens is 3. The molecular formula is C22H25N5O5. The molecule has 1 amide bonds. The molecule has 2 aromatic carbocycles. The van der Waals surface area contributed by atoms with Crippen LogP contribution in [0.5, 0.6) is 23.0 Å². The van der Waals surface area contributed by atoms with Gasteiger partial charge in [0, 0.05) is 17.8 Å². The van der Waals surface area contributed by atoms with Crippen molar-refractivity contribution >= 4 is 17.5 Å². The van der Waals surface area contributed by atoms with Crippen molar-refractivity contribution in [1.29, 1.82) is 0 Å². The lowest BCUT2D eigenvalue weighted by Crippen LogP contribution is -2.28. The molecule has 0 radical (unpaired) electrons. The molecule has 0 saturated heterocycles. The molecule has 2 N–H and O–H groups in total. The van der Waals surface area contributed by atoms with Gasteiger partial charge in [-0.15, -0.1) is 10.2 Å². The summed E-state index contributed by atoms with van der Waals surface area (Å²) in [6.45, 7) is 1.80. The van der Waals surface area contributed by atoms with Gasteiger partial charge < -0.3 is 29.6 Å². The average molecular weight is 439 g/mol. The van der Waals surface area contributed by atoms with Gasteiger partial charge in [-0.05, 0) is 19.1 Å². The zero-order chi connectivity index (χ0) is 23.1. The first-order chi connectivity index (χ1) is 15.5. The molecule has 1 unspecified atom stereocenters. The van der Waals surface area contributed by atoms with Crippen LogP contribution in [0.15, 0.2) is 42.6 Å². The van der Waals surface area contributed by atoms with Gasteiger partial charge >= 0.3 is 0 Å². The molecule has 10 nitrogen and oxygen atoms in total. The Bertz CT molecular complexity index is 1050. The van der Waals surface area contributed by atoms with Crippen molar-refractivity contribution in [3.63, 3.8) is 0 Å². The van der Waals surface area contributed by atoms with Gasteiger partial charge in [0.2, 0.25) is 11.7 Å². The number of benzene rings is 2. The molecule has 0 saturated carbocycles. The number of amides is 1. The van der Waals surface area contributed by atoms with E-state index in [9.17, 15) is 4.79 Å². The molecule has 168 valence electrons. The fourth-order valence-electron chi connectivity index (χ4n) is 3.00. The van der Waals surface area contributed by atoms with Crippen LogP contribution in [0.2, 0.25) is 0 Å². The largest absolute Gasteiger partial charge is 0.496 e. The van der Waals surface area contributed by atoms with Crippen LogP contribution in [0.1, 0.15) is 29.0 Å². The van der Waals surface area contributed by atoms with E-state index in [-0.39, 0.29) is 11.9 Å². The Morgan fingerprint density at radius 2 is 1.56 bits per heavy atom. The highest BCUT2D eigenvalue weighted by molar-refractivity contribution is 5.97. The number of nitrogens with zero attached hydrogens (tertiary/aromatic N) is 3. The first-order valence-electron chi connectivity index (χ1n) is 9.71. The van der Waals surface area contributed by atoms with Crippen LogP contribution in [-0.4, -0.2) is 49.5 Å².